The van der Waals surface area contributed by atoms with Gasteiger partial charge in [-0.05, 0) is 89.4 Å². The molecule has 0 fully saturated rings. The van der Waals surface area contributed by atoms with E-state index in [-0.39, 0.29) is 30.3 Å². The molecule has 0 saturated heterocycles. The third-order valence-electron chi connectivity index (χ3n) is 6.73. The number of fused-ring (bicyclic) bond motifs is 1. The molecule has 4 rings (SSSR count). The van der Waals surface area contributed by atoms with Crippen LogP contribution in [0.25, 0.3) is 16.7 Å². The first-order valence-electron chi connectivity index (χ1n) is 14.0. The standard InChI is InChI=1S/C34H39FN2O6/c1-20-9-10-22(35)15-28(20)41-19-26-24(13-14-27-31(26)21(2)17-34(6,7)37-27)25-12-11-23(16-29(25)40-8)42-30(38)18-36-32(39)43-33(3,4)5/h9-17,37H,18-19H2,1-8H3,(H,36,39). The minimum Gasteiger partial charge on any atom is -0.496 e. The summed E-state index contributed by atoms with van der Waals surface area (Å²) in [4.78, 5) is 24.3. The molecule has 1 heterocycles. The number of aryl methyl sites for hydroxylation is 1. The van der Waals surface area contributed by atoms with Crippen molar-refractivity contribution in [1.29, 1.82) is 0 Å². The Bertz CT molecular complexity index is 1570. The molecule has 2 N–H and O–H groups in total. The number of esters is 1. The number of anilines is 1. The molecule has 1 amide bonds. The average molecular weight is 591 g/mol. The zero-order valence-electron chi connectivity index (χ0n) is 25.9. The predicted octanol–water partition coefficient (Wildman–Crippen LogP) is 7.43. The van der Waals surface area contributed by atoms with Crippen LogP contribution in [-0.4, -0.2) is 36.9 Å². The molecule has 0 aromatic heterocycles. The van der Waals surface area contributed by atoms with E-state index in [0.717, 1.165) is 39.1 Å². The molecule has 3 aromatic rings. The van der Waals surface area contributed by atoms with Gasteiger partial charge in [-0.1, -0.05) is 18.2 Å². The van der Waals surface area contributed by atoms with Crippen LogP contribution in [0.2, 0.25) is 0 Å². The number of rotatable bonds is 8. The Morgan fingerprint density at radius 2 is 1.70 bits per heavy atom. The van der Waals surface area contributed by atoms with E-state index < -0.39 is 17.7 Å². The van der Waals surface area contributed by atoms with Gasteiger partial charge in [0.1, 0.15) is 41.8 Å². The molecular weight excluding hydrogens is 551 g/mol. The number of carbonyl (C=O) groups excluding carboxylic acids is 2. The van der Waals surface area contributed by atoms with Crippen molar-refractivity contribution in [3.63, 3.8) is 0 Å². The summed E-state index contributed by atoms with van der Waals surface area (Å²) in [5.74, 6) is 0.150. The number of amides is 1. The number of allylic oxidation sites excluding steroid dienone is 1. The Kier molecular flexibility index (Phi) is 9.04. The molecule has 3 aromatic carbocycles. The van der Waals surface area contributed by atoms with E-state index in [1.165, 1.54) is 19.2 Å². The largest absolute Gasteiger partial charge is 0.496 e. The molecule has 0 spiro atoms. The normalized spacial score (nSPS) is 13.7. The predicted molar refractivity (Wildman–Crippen MR) is 165 cm³/mol. The van der Waals surface area contributed by atoms with Crippen molar-refractivity contribution in [3.8, 4) is 28.4 Å². The summed E-state index contributed by atoms with van der Waals surface area (Å²) in [6.07, 6.45) is 1.46. The van der Waals surface area contributed by atoms with Gasteiger partial charge in [-0.2, -0.15) is 0 Å². The van der Waals surface area contributed by atoms with Gasteiger partial charge < -0.3 is 29.6 Å². The van der Waals surface area contributed by atoms with E-state index in [9.17, 15) is 14.0 Å². The summed E-state index contributed by atoms with van der Waals surface area (Å²) in [6, 6.07) is 13.6. The van der Waals surface area contributed by atoms with Crippen LogP contribution < -0.4 is 24.8 Å². The van der Waals surface area contributed by atoms with Crippen LogP contribution in [-0.2, 0) is 16.1 Å². The Balaban J connectivity index is 1.66. The highest BCUT2D eigenvalue weighted by atomic mass is 19.1. The van der Waals surface area contributed by atoms with Gasteiger partial charge >= 0.3 is 12.1 Å². The summed E-state index contributed by atoms with van der Waals surface area (Å²) in [6.45, 7) is 13.1. The molecule has 9 heteroatoms. The summed E-state index contributed by atoms with van der Waals surface area (Å²) in [5, 5.41) is 5.97. The van der Waals surface area contributed by atoms with Crippen LogP contribution in [0.5, 0.6) is 17.2 Å². The van der Waals surface area contributed by atoms with Crippen molar-refractivity contribution in [2.24, 2.45) is 0 Å². The molecule has 0 aliphatic carbocycles. The average Bonchev–Trinajstić information content (AvgIpc) is 2.90. The lowest BCUT2D eigenvalue weighted by Gasteiger charge is -2.33. The maximum atomic E-state index is 14.0. The minimum atomic E-state index is -0.713. The van der Waals surface area contributed by atoms with Gasteiger partial charge in [0.2, 0.25) is 0 Å². The zero-order chi connectivity index (χ0) is 31.5. The van der Waals surface area contributed by atoms with Gasteiger partial charge in [-0.15, -0.1) is 0 Å². The number of benzene rings is 3. The van der Waals surface area contributed by atoms with Crippen LogP contribution in [0.3, 0.4) is 0 Å². The van der Waals surface area contributed by atoms with Crippen molar-refractivity contribution in [1.82, 2.24) is 5.32 Å². The number of carbonyl (C=O) groups is 2. The molecule has 1 aliphatic rings. The molecule has 43 heavy (non-hydrogen) atoms. The van der Waals surface area contributed by atoms with Crippen LogP contribution >= 0.6 is 0 Å². The first-order chi connectivity index (χ1) is 20.2. The van der Waals surface area contributed by atoms with E-state index in [4.69, 9.17) is 18.9 Å². The fourth-order valence-corrected chi connectivity index (χ4v) is 5.06. The highest BCUT2D eigenvalue weighted by Gasteiger charge is 2.27. The molecule has 228 valence electrons. The lowest BCUT2D eigenvalue weighted by atomic mass is 9.85. The Hall–Kier alpha value is -4.53. The topological polar surface area (TPSA) is 95.1 Å². The van der Waals surface area contributed by atoms with Gasteiger partial charge in [-0.25, -0.2) is 14.0 Å². The molecule has 0 radical (unpaired) electrons. The molecular formula is C34H39FN2O6. The maximum Gasteiger partial charge on any atom is 0.408 e. The number of nitrogens with one attached hydrogen (secondary N) is 2. The van der Waals surface area contributed by atoms with E-state index >= 15 is 0 Å². The van der Waals surface area contributed by atoms with Crippen molar-refractivity contribution in [2.45, 2.75) is 66.2 Å². The summed E-state index contributed by atoms with van der Waals surface area (Å²) >= 11 is 0. The molecule has 0 saturated carbocycles. The lowest BCUT2D eigenvalue weighted by Crippen LogP contribution is -2.36. The highest BCUT2D eigenvalue weighted by molar-refractivity contribution is 5.89. The smallest absolute Gasteiger partial charge is 0.408 e. The van der Waals surface area contributed by atoms with Crippen molar-refractivity contribution in [2.75, 3.05) is 19.0 Å². The quantitative estimate of drug-likeness (QED) is 0.208. The van der Waals surface area contributed by atoms with Crippen LogP contribution in [0, 0.1) is 12.7 Å². The summed E-state index contributed by atoms with van der Waals surface area (Å²) < 4.78 is 36.6. The first-order valence-corrected chi connectivity index (χ1v) is 14.0. The summed E-state index contributed by atoms with van der Waals surface area (Å²) in [7, 11) is 1.54. The van der Waals surface area contributed by atoms with E-state index in [2.05, 4.69) is 37.5 Å². The number of ether oxygens (including phenoxy) is 4. The van der Waals surface area contributed by atoms with E-state index in [1.807, 2.05) is 19.1 Å². The van der Waals surface area contributed by atoms with Crippen LogP contribution in [0.1, 0.15) is 58.2 Å². The monoisotopic (exact) mass is 590 g/mol. The van der Waals surface area contributed by atoms with E-state index in [1.54, 1.807) is 45.0 Å². The number of alkyl carbamates (subject to hydrolysis) is 1. The zero-order valence-corrected chi connectivity index (χ0v) is 25.9. The molecule has 0 atom stereocenters. The highest BCUT2D eigenvalue weighted by Crippen LogP contribution is 2.43. The minimum absolute atomic E-state index is 0.173. The number of methoxy groups -OCH3 is 1. The first kappa shape index (κ1) is 31.4. The fourth-order valence-electron chi connectivity index (χ4n) is 5.06. The maximum absolute atomic E-state index is 14.0. The van der Waals surface area contributed by atoms with Gasteiger partial charge in [0.15, 0.2) is 0 Å². The van der Waals surface area contributed by atoms with Crippen LogP contribution in [0.15, 0.2) is 54.6 Å². The Morgan fingerprint density at radius 3 is 2.40 bits per heavy atom. The number of halogens is 1. The lowest BCUT2D eigenvalue weighted by molar-refractivity contribution is -0.133. The van der Waals surface area contributed by atoms with Crippen molar-refractivity contribution < 1.29 is 32.9 Å². The second-order valence-corrected chi connectivity index (χ2v) is 12.1. The molecule has 8 nitrogen and oxygen atoms in total. The SMILES string of the molecule is COc1cc(OC(=O)CNC(=O)OC(C)(C)C)ccc1-c1ccc2c(c1COc1cc(F)ccc1C)C(C)=CC(C)(C)N2. The second kappa shape index (κ2) is 12.4. The van der Waals surface area contributed by atoms with E-state index in [0.29, 0.717) is 11.5 Å². The summed E-state index contributed by atoms with van der Waals surface area (Å²) in [5.41, 5.74) is 5.43. The molecule has 0 unspecified atom stereocenters. The van der Waals surface area contributed by atoms with Gasteiger partial charge in [0.25, 0.3) is 0 Å². The van der Waals surface area contributed by atoms with Gasteiger partial charge in [0.05, 0.1) is 12.6 Å². The van der Waals surface area contributed by atoms with Crippen molar-refractivity contribution >= 4 is 23.3 Å². The molecule has 1 aliphatic heterocycles. The fraction of sp³-hybridized carbons (Fsp3) is 0.353. The molecule has 0 bridgehead atoms. The van der Waals surface area contributed by atoms with Crippen molar-refractivity contribution in [3.05, 3.63) is 77.1 Å². The van der Waals surface area contributed by atoms with Gasteiger partial charge in [-0.3, -0.25) is 0 Å². The van der Waals surface area contributed by atoms with Gasteiger partial charge in [0, 0.05) is 34.5 Å². The Morgan fingerprint density at radius 1 is 0.977 bits per heavy atom. The number of hydrogen-bond donors (Lipinski definition) is 2. The third kappa shape index (κ3) is 7.85. The number of hydrogen-bond acceptors (Lipinski definition) is 7. The third-order valence-corrected chi connectivity index (χ3v) is 6.73. The Labute approximate surface area is 252 Å². The second-order valence-electron chi connectivity index (χ2n) is 12.1. The van der Waals surface area contributed by atoms with Crippen LogP contribution in [0.4, 0.5) is 14.9 Å².